The number of carbonyl (C=O) groups is 1. The zero-order chi connectivity index (χ0) is 8.65. The highest BCUT2D eigenvalue weighted by molar-refractivity contribution is 7.99. The molecule has 0 aromatic carbocycles. The standard InChI is InChI=1S/C5H10S.C3H6N2O/c1-2-4-6-5-3-1;6-3-4-1-2-5-3/h1-5H2;1-2H2,(H2,4,5,6). The highest BCUT2D eigenvalue weighted by Gasteiger charge is 2.03. The van der Waals surface area contributed by atoms with Gasteiger partial charge in [0.2, 0.25) is 0 Å². The third-order valence-corrected chi connectivity index (χ3v) is 2.93. The van der Waals surface area contributed by atoms with Crippen LogP contribution in [0.5, 0.6) is 0 Å². The van der Waals surface area contributed by atoms with Gasteiger partial charge in [0.1, 0.15) is 0 Å². The van der Waals surface area contributed by atoms with Crippen LogP contribution < -0.4 is 10.6 Å². The van der Waals surface area contributed by atoms with E-state index in [0.717, 1.165) is 13.1 Å². The van der Waals surface area contributed by atoms with Crippen molar-refractivity contribution in [3.8, 4) is 0 Å². The van der Waals surface area contributed by atoms with Crippen LogP contribution in [0.4, 0.5) is 4.79 Å². The maximum absolute atomic E-state index is 10.0. The van der Waals surface area contributed by atoms with Gasteiger partial charge in [0.15, 0.2) is 0 Å². The van der Waals surface area contributed by atoms with Crippen molar-refractivity contribution in [2.45, 2.75) is 19.3 Å². The number of hydrogen-bond acceptors (Lipinski definition) is 2. The average molecular weight is 188 g/mol. The van der Waals surface area contributed by atoms with Crippen molar-refractivity contribution in [1.82, 2.24) is 10.6 Å². The molecule has 0 aliphatic carbocycles. The first-order valence-electron chi connectivity index (χ1n) is 4.49. The lowest BCUT2D eigenvalue weighted by atomic mass is 10.3. The fraction of sp³-hybridized carbons (Fsp3) is 0.875. The Morgan fingerprint density at radius 2 is 1.58 bits per heavy atom. The van der Waals surface area contributed by atoms with Gasteiger partial charge in [-0.15, -0.1) is 0 Å². The van der Waals surface area contributed by atoms with Crippen LogP contribution in [0.2, 0.25) is 0 Å². The second-order valence-electron chi connectivity index (χ2n) is 2.86. The second-order valence-corrected chi connectivity index (χ2v) is 4.08. The molecular formula is C8H16N2OS. The first kappa shape index (κ1) is 9.71. The Bertz CT molecular complexity index is 118. The minimum absolute atomic E-state index is 0.0463. The molecule has 2 amide bonds. The molecule has 0 spiro atoms. The normalized spacial score (nSPS) is 21.8. The van der Waals surface area contributed by atoms with Gasteiger partial charge in [-0.25, -0.2) is 4.79 Å². The molecule has 4 heteroatoms. The summed E-state index contributed by atoms with van der Waals surface area (Å²) in [6.07, 6.45) is 4.41. The second kappa shape index (κ2) is 6.17. The van der Waals surface area contributed by atoms with Gasteiger partial charge in [-0.2, -0.15) is 11.8 Å². The largest absolute Gasteiger partial charge is 0.336 e. The predicted molar refractivity (Wildman–Crippen MR) is 52.6 cm³/mol. The number of nitrogens with one attached hydrogen (secondary N) is 2. The highest BCUT2D eigenvalue weighted by atomic mass is 32.2. The summed E-state index contributed by atoms with van der Waals surface area (Å²) in [7, 11) is 0. The number of hydrogen-bond donors (Lipinski definition) is 2. The van der Waals surface area contributed by atoms with Crippen LogP contribution in [-0.2, 0) is 0 Å². The van der Waals surface area contributed by atoms with Crippen LogP contribution in [0, 0.1) is 0 Å². The summed E-state index contributed by atoms with van der Waals surface area (Å²) in [6.45, 7) is 1.55. The molecule has 0 aromatic rings. The summed E-state index contributed by atoms with van der Waals surface area (Å²) < 4.78 is 0. The van der Waals surface area contributed by atoms with Crippen molar-refractivity contribution in [1.29, 1.82) is 0 Å². The first-order chi connectivity index (χ1) is 5.89. The zero-order valence-corrected chi connectivity index (χ0v) is 8.08. The molecule has 3 nitrogen and oxygen atoms in total. The molecule has 2 aliphatic rings. The van der Waals surface area contributed by atoms with E-state index in [1.54, 1.807) is 0 Å². The van der Waals surface area contributed by atoms with E-state index in [0.29, 0.717) is 0 Å². The number of amides is 2. The monoisotopic (exact) mass is 188 g/mol. The highest BCUT2D eigenvalue weighted by Crippen LogP contribution is 2.14. The Balaban J connectivity index is 0.000000120. The summed E-state index contributed by atoms with van der Waals surface area (Å²) in [4.78, 5) is 10.0. The molecule has 0 bridgehead atoms. The van der Waals surface area contributed by atoms with Crippen molar-refractivity contribution in [3.63, 3.8) is 0 Å². The van der Waals surface area contributed by atoms with Gasteiger partial charge in [-0.3, -0.25) is 0 Å². The summed E-state index contributed by atoms with van der Waals surface area (Å²) in [5.41, 5.74) is 0. The maximum atomic E-state index is 10.0. The minimum atomic E-state index is -0.0463. The molecule has 2 aliphatic heterocycles. The van der Waals surface area contributed by atoms with E-state index in [4.69, 9.17) is 0 Å². The van der Waals surface area contributed by atoms with Gasteiger partial charge < -0.3 is 10.6 Å². The Morgan fingerprint density at radius 1 is 1.00 bits per heavy atom. The summed E-state index contributed by atoms with van der Waals surface area (Å²) in [5, 5.41) is 5.14. The molecule has 70 valence electrons. The number of carbonyl (C=O) groups excluding carboxylic acids is 1. The molecule has 12 heavy (non-hydrogen) atoms. The van der Waals surface area contributed by atoms with Gasteiger partial charge in [-0.1, -0.05) is 6.42 Å². The number of urea groups is 1. The van der Waals surface area contributed by atoms with Crippen LogP contribution in [0.1, 0.15) is 19.3 Å². The fourth-order valence-electron chi connectivity index (χ4n) is 1.10. The quantitative estimate of drug-likeness (QED) is 0.600. The van der Waals surface area contributed by atoms with Gasteiger partial charge in [0, 0.05) is 13.1 Å². The van der Waals surface area contributed by atoms with Crippen LogP contribution in [-0.4, -0.2) is 30.6 Å². The van der Waals surface area contributed by atoms with Crippen molar-refractivity contribution in [2.24, 2.45) is 0 Å². The molecule has 0 saturated carbocycles. The Kier molecular flexibility index (Phi) is 4.99. The van der Waals surface area contributed by atoms with Gasteiger partial charge in [0.05, 0.1) is 0 Å². The summed E-state index contributed by atoms with van der Waals surface area (Å²) in [6, 6.07) is -0.0463. The summed E-state index contributed by atoms with van der Waals surface area (Å²) >= 11 is 2.09. The lowest BCUT2D eigenvalue weighted by molar-refractivity contribution is 0.248. The molecule has 0 aromatic heterocycles. The van der Waals surface area contributed by atoms with Crippen LogP contribution >= 0.6 is 11.8 Å². The lowest BCUT2D eigenvalue weighted by Crippen LogP contribution is -2.20. The van der Waals surface area contributed by atoms with Gasteiger partial charge >= 0.3 is 6.03 Å². The van der Waals surface area contributed by atoms with Crippen LogP contribution in [0.25, 0.3) is 0 Å². The molecule has 2 fully saturated rings. The zero-order valence-electron chi connectivity index (χ0n) is 7.27. The van der Waals surface area contributed by atoms with E-state index < -0.39 is 0 Å². The van der Waals surface area contributed by atoms with Gasteiger partial charge in [-0.05, 0) is 24.3 Å². The van der Waals surface area contributed by atoms with Crippen molar-refractivity contribution in [3.05, 3.63) is 0 Å². The molecule has 0 unspecified atom stereocenters. The fourth-order valence-corrected chi connectivity index (χ4v) is 2.12. The molecule has 0 radical (unpaired) electrons. The van der Waals surface area contributed by atoms with E-state index in [9.17, 15) is 4.79 Å². The predicted octanol–water partition coefficient (Wildman–Crippen LogP) is 1.20. The van der Waals surface area contributed by atoms with Crippen LogP contribution in [0.15, 0.2) is 0 Å². The molecule has 2 saturated heterocycles. The van der Waals surface area contributed by atoms with Crippen molar-refractivity contribution in [2.75, 3.05) is 24.6 Å². The van der Waals surface area contributed by atoms with E-state index in [1.165, 1.54) is 30.8 Å². The number of rotatable bonds is 0. The molecule has 2 N–H and O–H groups in total. The Morgan fingerprint density at radius 3 is 1.75 bits per heavy atom. The lowest BCUT2D eigenvalue weighted by Gasteiger charge is -2.05. The smallest absolute Gasteiger partial charge is 0.314 e. The Labute approximate surface area is 77.7 Å². The van der Waals surface area contributed by atoms with Crippen molar-refractivity contribution < 1.29 is 4.79 Å². The van der Waals surface area contributed by atoms with Crippen molar-refractivity contribution >= 4 is 17.8 Å². The van der Waals surface area contributed by atoms with E-state index in [2.05, 4.69) is 22.4 Å². The molecule has 0 atom stereocenters. The summed E-state index contributed by atoms with van der Waals surface area (Å²) in [5.74, 6) is 2.83. The average Bonchev–Trinajstić information content (AvgIpc) is 2.60. The minimum Gasteiger partial charge on any atom is -0.336 e. The van der Waals surface area contributed by atoms with Crippen LogP contribution in [0.3, 0.4) is 0 Å². The molecular weight excluding hydrogens is 172 g/mol. The first-order valence-corrected chi connectivity index (χ1v) is 5.64. The maximum Gasteiger partial charge on any atom is 0.314 e. The van der Waals surface area contributed by atoms with Gasteiger partial charge in [0.25, 0.3) is 0 Å². The number of thioether (sulfide) groups is 1. The Hall–Kier alpha value is -0.380. The molecule has 2 rings (SSSR count). The van der Waals surface area contributed by atoms with E-state index >= 15 is 0 Å². The third-order valence-electron chi connectivity index (χ3n) is 1.77. The van der Waals surface area contributed by atoms with E-state index in [-0.39, 0.29) is 6.03 Å². The topological polar surface area (TPSA) is 41.1 Å². The molecule has 2 heterocycles. The SMILES string of the molecule is C1CCSCC1.O=C1NCCN1. The van der Waals surface area contributed by atoms with E-state index in [1.807, 2.05) is 0 Å². The third kappa shape index (κ3) is 4.49.